The van der Waals surface area contributed by atoms with Crippen molar-refractivity contribution < 1.29 is 4.39 Å². The normalized spacial score (nSPS) is 11.0. The van der Waals surface area contributed by atoms with Gasteiger partial charge in [-0.25, -0.2) is 9.37 Å². The number of hydrogen-bond acceptors (Lipinski definition) is 1. The lowest BCUT2D eigenvalue weighted by atomic mass is 10.1. The van der Waals surface area contributed by atoms with Crippen LogP contribution in [0.1, 0.15) is 0 Å². The van der Waals surface area contributed by atoms with E-state index in [9.17, 15) is 4.39 Å². The summed E-state index contributed by atoms with van der Waals surface area (Å²) in [6, 6.07) is 22.8. The Bertz CT molecular complexity index is 928. The molecule has 4 aromatic rings. The van der Waals surface area contributed by atoms with Crippen LogP contribution in [0.2, 0.25) is 0 Å². The molecular weight excluding hydrogens is 275 g/mol. The number of aromatic nitrogens is 2. The zero-order valence-electron chi connectivity index (χ0n) is 11.8. The molecule has 0 bridgehead atoms. The predicted octanol–water partition coefficient (Wildman–Crippen LogP) is 4.81. The van der Waals surface area contributed by atoms with Gasteiger partial charge in [0.05, 0.1) is 11.2 Å². The molecular formula is C19H13FN2. The van der Waals surface area contributed by atoms with Gasteiger partial charge in [-0.2, -0.15) is 0 Å². The van der Waals surface area contributed by atoms with E-state index >= 15 is 0 Å². The molecule has 3 heteroatoms. The number of benzene rings is 2. The Morgan fingerprint density at radius 2 is 1.41 bits per heavy atom. The highest BCUT2D eigenvalue weighted by Gasteiger charge is 2.14. The van der Waals surface area contributed by atoms with Crippen molar-refractivity contribution in [2.45, 2.75) is 0 Å². The molecule has 0 unspecified atom stereocenters. The molecule has 106 valence electrons. The van der Waals surface area contributed by atoms with E-state index in [2.05, 4.69) is 0 Å². The Hall–Kier alpha value is -2.94. The van der Waals surface area contributed by atoms with Crippen LogP contribution in [-0.2, 0) is 0 Å². The van der Waals surface area contributed by atoms with Crippen molar-refractivity contribution in [2.24, 2.45) is 0 Å². The van der Waals surface area contributed by atoms with Gasteiger partial charge >= 0.3 is 0 Å². The number of imidazole rings is 1. The number of nitrogens with zero attached hydrogens (tertiary/aromatic N) is 2. The molecule has 2 aromatic carbocycles. The van der Waals surface area contributed by atoms with Gasteiger partial charge in [0.1, 0.15) is 11.6 Å². The summed E-state index contributed by atoms with van der Waals surface area (Å²) in [6.07, 6.45) is 1.73. The number of rotatable bonds is 2. The van der Waals surface area contributed by atoms with E-state index in [4.69, 9.17) is 4.98 Å². The van der Waals surface area contributed by atoms with Crippen molar-refractivity contribution in [3.63, 3.8) is 0 Å². The summed E-state index contributed by atoms with van der Waals surface area (Å²) in [6.45, 7) is 0. The summed E-state index contributed by atoms with van der Waals surface area (Å²) < 4.78 is 15.6. The maximum atomic E-state index is 13.7. The van der Waals surface area contributed by atoms with Crippen LogP contribution in [0.5, 0.6) is 0 Å². The van der Waals surface area contributed by atoms with Gasteiger partial charge in [-0.3, -0.25) is 4.40 Å². The quantitative estimate of drug-likeness (QED) is 0.517. The van der Waals surface area contributed by atoms with Crippen molar-refractivity contribution >= 4 is 5.52 Å². The molecule has 2 nitrogen and oxygen atoms in total. The molecule has 0 amide bonds. The van der Waals surface area contributed by atoms with Crippen molar-refractivity contribution in [3.8, 4) is 22.6 Å². The first-order valence-corrected chi connectivity index (χ1v) is 7.11. The van der Waals surface area contributed by atoms with Crippen molar-refractivity contribution in [1.82, 2.24) is 9.38 Å². The van der Waals surface area contributed by atoms with E-state index in [0.29, 0.717) is 0 Å². The van der Waals surface area contributed by atoms with Gasteiger partial charge in [0.15, 0.2) is 0 Å². The standard InChI is InChI=1S/C19H13FN2/c20-16-11-12-22-17(13-16)18(14-7-3-1-4-8-14)21-19(22)15-9-5-2-6-10-15/h1-13H. The number of pyridine rings is 1. The van der Waals surface area contributed by atoms with Gasteiger partial charge < -0.3 is 0 Å². The van der Waals surface area contributed by atoms with E-state index in [0.717, 1.165) is 28.2 Å². The molecule has 22 heavy (non-hydrogen) atoms. The minimum absolute atomic E-state index is 0.260. The maximum absolute atomic E-state index is 13.7. The molecule has 0 saturated heterocycles. The Kier molecular flexibility index (Phi) is 2.97. The summed E-state index contributed by atoms with van der Waals surface area (Å²) in [5.41, 5.74) is 3.54. The van der Waals surface area contributed by atoms with Crippen LogP contribution in [0.3, 0.4) is 0 Å². The van der Waals surface area contributed by atoms with Crippen molar-refractivity contribution in [2.75, 3.05) is 0 Å². The van der Waals surface area contributed by atoms with Gasteiger partial charge in [-0.15, -0.1) is 0 Å². The monoisotopic (exact) mass is 288 g/mol. The average molecular weight is 288 g/mol. The fourth-order valence-electron chi connectivity index (χ4n) is 2.66. The van der Waals surface area contributed by atoms with E-state index in [-0.39, 0.29) is 5.82 Å². The van der Waals surface area contributed by atoms with E-state index < -0.39 is 0 Å². The molecule has 0 spiro atoms. The summed E-state index contributed by atoms with van der Waals surface area (Å²) in [4.78, 5) is 4.77. The summed E-state index contributed by atoms with van der Waals surface area (Å²) in [5.74, 6) is 0.554. The predicted molar refractivity (Wildman–Crippen MR) is 86.0 cm³/mol. The second kappa shape index (κ2) is 5.11. The molecule has 0 N–H and O–H groups in total. The van der Waals surface area contributed by atoms with E-state index in [1.165, 1.54) is 12.1 Å². The lowest BCUT2D eigenvalue weighted by Gasteiger charge is -2.01. The highest BCUT2D eigenvalue weighted by molar-refractivity contribution is 5.81. The van der Waals surface area contributed by atoms with Gasteiger partial charge in [0.2, 0.25) is 0 Å². The molecule has 2 aromatic heterocycles. The Labute approximate surface area is 127 Å². The Morgan fingerprint density at radius 1 is 0.773 bits per heavy atom. The summed E-state index contributed by atoms with van der Waals surface area (Å²) in [7, 11) is 0. The van der Waals surface area contributed by atoms with Gasteiger partial charge in [-0.05, 0) is 6.07 Å². The number of halogens is 1. The van der Waals surface area contributed by atoms with Crippen LogP contribution in [0, 0.1) is 5.82 Å². The second-order valence-electron chi connectivity index (χ2n) is 5.12. The van der Waals surface area contributed by atoms with E-state index in [1.807, 2.05) is 65.1 Å². The lowest BCUT2D eigenvalue weighted by Crippen LogP contribution is -1.89. The molecule has 0 radical (unpaired) electrons. The second-order valence-corrected chi connectivity index (χ2v) is 5.12. The van der Waals surface area contributed by atoms with Gasteiger partial charge in [0, 0.05) is 23.4 Å². The molecule has 0 aliphatic heterocycles. The molecule has 0 aliphatic carbocycles. The third kappa shape index (κ3) is 2.07. The summed E-state index contributed by atoms with van der Waals surface area (Å²) in [5, 5.41) is 0. The first kappa shape index (κ1) is 12.8. The molecule has 0 saturated carbocycles. The number of fused-ring (bicyclic) bond motifs is 1. The number of hydrogen-bond donors (Lipinski definition) is 0. The molecule has 0 fully saturated rings. The highest BCUT2D eigenvalue weighted by Crippen LogP contribution is 2.29. The minimum Gasteiger partial charge on any atom is -0.299 e. The van der Waals surface area contributed by atoms with Gasteiger partial charge in [-0.1, -0.05) is 60.7 Å². The van der Waals surface area contributed by atoms with Crippen LogP contribution in [0.15, 0.2) is 79.0 Å². The average Bonchev–Trinajstić information content (AvgIpc) is 2.95. The third-order valence-electron chi connectivity index (χ3n) is 3.68. The van der Waals surface area contributed by atoms with Crippen LogP contribution in [0.4, 0.5) is 4.39 Å². The topological polar surface area (TPSA) is 17.3 Å². The highest BCUT2D eigenvalue weighted by atomic mass is 19.1. The van der Waals surface area contributed by atoms with Gasteiger partial charge in [0.25, 0.3) is 0 Å². The lowest BCUT2D eigenvalue weighted by molar-refractivity contribution is 0.627. The molecule has 2 heterocycles. The maximum Gasteiger partial charge on any atom is 0.145 e. The fourth-order valence-corrected chi connectivity index (χ4v) is 2.66. The third-order valence-corrected chi connectivity index (χ3v) is 3.68. The van der Waals surface area contributed by atoms with Crippen molar-refractivity contribution in [1.29, 1.82) is 0 Å². The Morgan fingerprint density at radius 3 is 2.09 bits per heavy atom. The zero-order valence-corrected chi connectivity index (χ0v) is 11.8. The smallest absolute Gasteiger partial charge is 0.145 e. The zero-order chi connectivity index (χ0) is 14.9. The van der Waals surface area contributed by atoms with Crippen LogP contribution >= 0.6 is 0 Å². The van der Waals surface area contributed by atoms with E-state index in [1.54, 1.807) is 6.20 Å². The Balaban J connectivity index is 2.04. The molecule has 0 aliphatic rings. The summed E-state index contributed by atoms with van der Waals surface area (Å²) >= 11 is 0. The fraction of sp³-hybridized carbons (Fsp3) is 0. The SMILES string of the molecule is Fc1ccn2c(-c3ccccc3)nc(-c3ccccc3)c2c1. The van der Waals surface area contributed by atoms with Crippen molar-refractivity contribution in [3.05, 3.63) is 84.8 Å². The largest absolute Gasteiger partial charge is 0.299 e. The molecule has 4 rings (SSSR count). The van der Waals surface area contributed by atoms with Crippen LogP contribution in [-0.4, -0.2) is 9.38 Å². The van der Waals surface area contributed by atoms with Crippen LogP contribution < -0.4 is 0 Å². The molecule has 0 atom stereocenters. The first-order valence-electron chi connectivity index (χ1n) is 7.11. The van der Waals surface area contributed by atoms with Crippen LogP contribution in [0.25, 0.3) is 28.2 Å². The first-order chi connectivity index (χ1) is 10.8. The minimum atomic E-state index is -0.260.